The van der Waals surface area contributed by atoms with Crippen LogP contribution in [0.2, 0.25) is 0 Å². The lowest BCUT2D eigenvalue weighted by Crippen LogP contribution is -2.29. The summed E-state index contributed by atoms with van der Waals surface area (Å²) in [5.41, 5.74) is 0.830. The number of aliphatic hydroxyl groups is 1. The Bertz CT molecular complexity index is 1310. The predicted octanol–water partition coefficient (Wildman–Crippen LogP) is 4.72. The molecule has 178 valence electrons. The molecule has 1 aliphatic heterocycles. The van der Waals surface area contributed by atoms with E-state index in [1.165, 1.54) is 53.4 Å². The summed E-state index contributed by atoms with van der Waals surface area (Å²) in [7, 11) is 0. The first-order valence-electron chi connectivity index (χ1n) is 10.9. The molecule has 7 nitrogen and oxygen atoms in total. The third-order valence-electron chi connectivity index (χ3n) is 5.57. The normalized spacial score (nSPS) is 17.0. The second-order valence-electron chi connectivity index (χ2n) is 7.95. The fourth-order valence-corrected chi connectivity index (χ4v) is 3.89. The van der Waals surface area contributed by atoms with Crippen LogP contribution in [0.15, 0.2) is 78.4 Å². The second kappa shape index (κ2) is 9.80. The number of nitrogens with zero attached hydrogens (tertiary/aromatic N) is 1. The number of rotatable bonds is 6. The molecule has 0 saturated carbocycles. The Morgan fingerprint density at radius 1 is 1.00 bits per heavy atom. The number of ether oxygens (including phenoxy) is 1. The third kappa shape index (κ3) is 4.63. The molecule has 1 atom stereocenters. The van der Waals surface area contributed by atoms with Gasteiger partial charge in [-0.1, -0.05) is 25.1 Å². The Hall–Kier alpha value is -4.46. The number of esters is 1. The number of phenolic OH excluding ortho intramolecular Hbond substituents is 1. The molecule has 4 rings (SSSR count). The van der Waals surface area contributed by atoms with Crippen LogP contribution in [-0.4, -0.2) is 34.5 Å². The van der Waals surface area contributed by atoms with Crippen molar-refractivity contribution < 1.29 is 33.7 Å². The zero-order valence-electron chi connectivity index (χ0n) is 18.8. The summed E-state index contributed by atoms with van der Waals surface area (Å²) in [4.78, 5) is 39.9. The number of anilines is 1. The van der Waals surface area contributed by atoms with Gasteiger partial charge in [-0.25, -0.2) is 9.18 Å². The van der Waals surface area contributed by atoms with Crippen molar-refractivity contribution >= 4 is 29.1 Å². The van der Waals surface area contributed by atoms with E-state index in [1.54, 1.807) is 12.1 Å². The molecule has 0 bridgehead atoms. The Morgan fingerprint density at radius 2 is 1.69 bits per heavy atom. The maximum atomic E-state index is 13.4. The number of Topliss-reactive ketones (excluding diaryl/α,β-unsaturated/α-hetero) is 1. The lowest BCUT2D eigenvalue weighted by atomic mass is 9.95. The van der Waals surface area contributed by atoms with Crippen LogP contribution in [0.25, 0.3) is 5.76 Å². The van der Waals surface area contributed by atoms with Gasteiger partial charge in [-0.2, -0.15) is 0 Å². The van der Waals surface area contributed by atoms with E-state index in [-0.39, 0.29) is 34.7 Å². The van der Waals surface area contributed by atoms with Crippen molar-refractivity contribution in [1.29, 1.82) is 0 Å². The molecule has 35 heavy (non-hydrogen) atoms. The molecule has 8 heteroatoms. The van der Waals surface area contributed by atoms with Crippen molar-refractivity contribution in [3.8, 4) is 5.75 Å². The number of aliphatic hydroxyl groups excluding tert-OH is 1. The molecule has 0 radical (unpaired) electrons. The number of hydrogen-bond donors (Lipinski definition) is 2. The number of aromatic hydroxyl groups is 1. The van der Waals surface area contributed by atoms with Crippen molar-refractivity contribution in [3.05, 3.63) is 101 Å². The highest BCUT2D eigenvalue weighted by atomic mass is 19.1. The molecule has 0 aromatic heterocycles. The monoisotopic (exact) mass is 475 g/mol. The van der Waals surface area contributed by atoms with Gasteiger partial charge < -0.3 is 14.9 Å². The first-order valence-corrected chi connectivity index (χ1v) is 10.9. The van der Waals surface area contributed by atoms with E-state index < -0.39 is 35.3 Å². The topological polar surface area (TPSA) is 104 Å². The fraction of sp³-hybridized carbons (Fsp3) is 0.148. The molecule has 3 aromatic rings. The van der Waals surface area contributed by atoms with E-state index in [4.69, 9.17) is 4.74 Å². The number of amides is 1. The predicted molar refractivity (Wildman–Crippen MR) is 126 cm³/mol. The summed E-state index contributed by atoms with van der Waals surface area (Å²) in [6, 6.07) is 15.7. The Kier molecular flexibility index (Phi) is 6.64. The summed E-state index contributed by atoms with van der Waals surface area (Å²) < 4.78 is 18.6. The van der Waals surface area contributed by atoms with Crippen LogP contribution in [0.4, 0.5) is 10.1 Å². The number of hydrogen-bond acceptors (Lipinski definition) is 6. The van der Waals surface area contributed by atoms with Gasteiger partial charge >= 0.3 is 5.97 Å². The van der Waals surface area contributed by atoms with Gasteiger partial charge in [0.25, 0.3) is 11.7 Å². The minimum Gasteiger partial charge on any atom is -0.508 e. The van der Waals surface area contributed by atoms with Crippen molar-refractivity contribution in [1.82, 2.24) is 0 Å². The minimum atomic E-state index is -1.07. The summed E-state index contributed by atoms with van der Waals surface area (Å²) in [5.74, 6) is -3.44. The zero-order chi connectivity index (χ0) is 25.1. The van der Waals surface area contributed by atoms with Gasteiger partial charge in [0, 0.05) is 11.3 Å². The molecule has 0 spiro atoms. The van der Waals surface area contributed by atoms with Gasteiger partial charge in [-0.15, -0.1) is 0 Å². The number of carbonyl (C=O) groups is 3. The van der Waals surface area contributed by atoms with Crippen molar-refractivity contribution in [3.63, 3.8) is 0 Å². The van der Waals surface area contributed by atoms with E-state index in [2.05, 4.69) is 0 Å². The van der Waals surface area contributed by atoms with Gasteiger partial charge in [0.2, 0.25) is 0 Å². The summed E-state index contributed by atoms with van der Waals surface area (Å²) in [6.07, 6.45) is 0.643. The van der Waals surface area contributed by atoms with Crippen molar-refractivity contribution in [2.45, 2.75) is 19.4 Å². The molecule has 1 saturated heterocycles. The van der Waals surface area contributed by atoms with Gasteiger partial charge in [0.15, 0.2) is 0 Å². The maximum absolute atomic E-state index is 13.4. The average Bonchev–Trinajstić information content (AvgIpc) is 3.13. The van der Waals surface area contributed by atoms with Crippen molar-refractivity contribution in [2.24, 2.45) is 0 Å². The van der Waals surface area contributed by atoms with Crippen LogP contribution >= 0.6 is 0 Å². The van der Waals surface area contributed by atoms with Crippen molar-refractivity contribution in [2.75, 3.05) is 11.5 Å². The number of halogens is 1. The molecule has 1 fully saturated rings. The van der Waals surface area contributed by atoms with E-state index >= 15 is 0 Å². The highest BCUT2D eigenvalue weighted by Gasteiger charge is 2.47. The van der Waals surface area contributed by atoms with Crippen LogP contribution in [-0.2, 0) is 14.3 Å². The average molecular weight is 475 g/mol. The van der Waals surface area contributed by atoms with E-state index in [9.17, 15) is 29.0 Å². The lowest BCUT2D eigenvalue weighted by molar-refractivity contribution is -0.132. The molecule has 2 N–H and O–H groups in total. The standard InChI is InChI=1S/C27H22FNO6/c1-2-14-35-27(34)18-4-3-5-20(15-18)29-23(16-8-12-21(30)13-9-16)22(25(32)26(29)33)24(31)17-6-10-19(28)11-7-17/h3-13,15,23,30-31H,2,14H2,1H3/b24-22+. The largest absolute Gasteiger partial charge is 0.508 e. The summed E-state index contributed by atoms with van der Waals surface area (Å²) >= 11 is 0. The van der Waals surface area contributed by atoms with Gasteiger partial charge in [0.1, 0.15) is 17.3 Å². The van der Waals surface area contributed by atoms with E-state index in [0.29, 0.717) is 12.0 Å². The Labute approximate surface area is 200 Å². The molecule has 3 aromatic carbocycles. The van der Waals surface area contributed by atoms with Crippen LogP contribution in [0.3, 0.4) is 0 Å². The van der Waals surface area contributed by atoms with Crippen LogP contribution in [0, 0.1) is 5.82 Å². The van der Waals surface area contributed by atoms with Gasteiger partial charge in [-0.3, -0.25) is 14.5 Å². The second-order valence-corrected chi connectivity index (χ2v) is 7.95. The first kappa shape index (κ1) is 23.7. The lowest BCUT2D eigenvalue weighted by Gasteiger charge is -2.25. The van der Waals surface area contributed by atoms with E-state index in [1.807, 2.05) is 6.92 Å². The minimum absolute atomic E-state index is 0.0232. The molecule has 1 unspecified atom stereocenters. The Balaban J connectivity index is 1.87. The molecule has 1 amide bonds. The summed E-state index contributed by atoms with van der Waals surface area (Å²) in [5, 5.41) is 20.8. The number of carbonyl (C=O) groups excluding carboxylic acids is 3. The highest BCUT2D eigenvalue weighted by Crippen LogP contribution is 2.42. The Morgan fingerprint density at radius 3 is 2.34 bits per heavy atom. The summed E-state index contributed by atoms with van der Waals surface area (Å²) in [6.45, 7) is 2.10. The quantitative estimate of drug-likeness (QED) is 0.231. The molecule has 0 aliphatic carbocycles. The van der Waals surface area contributed by atoms with E-state index in [0.717, 1.165) is 12.1 Å². The van der Waals surface area contributed by atoms with Gasteiger partial charge in [0.05, 0.1) is 23.8 Å². The van der Waals surface area contributed by atoms with Gasteiger partial charge in [-0.05, 0) is 66.6 Å². The third-order valence-corrected chi connectivity index (χ3v) is 5.57. The maximum Gasteiger partial charge on any atom is 0.338 e. The van der Waals surface area contributed by atoms with Crippen LogP contribution in [0.5, 0.6) is 5.75 Å². The SMILES string of the molecule is CCCOC(=O)c1cccc(N2C(=O)C(=O)/C(=C(/O)c3ccc(F)cc3)C2c2ccc(O)cc2)c1. The first-order chi connectivity index (χ1) is 16.8. The number of benzene rings is 3. The molecule has 1 aliphatic rings. The molecule has 1 heterocycles. The molecular formula is C27H22FNO6. The molecular weight excluding hydrogens is 453 g/mol. The van der Waals surface area contributed by atoms with Crippen LogP contribution < -0.4 is 4.90 Å². The van der Waals surface area contributed by atoms with Crippen LogP contribution in [0.1, 0.15) is 40.9 Å². The number of ketones is 1. The smallest absolute Gasteiger partial charge is 0.338 e. The zero-order valence-corrected chi connectivity index (χ0v) is 18.8. The fourth-order valence-electron chi connectivity index (χ4n) is 3.89. The number of phenols is 1. The highest BCUT2D eigenvalue weighted by molar-refractivity contribution is 6.51.